The molecule has 0 heterocycles. The molecule has 9 rings (SSSR count). The number of anilines is 6. The van der Waals surface area contributed by atoms with E-state index in [9.17, 15) is 0 Å². The number of nitrogens with zero attached hydrogens (tertiary/aromatic N) is 2. The van der Waals surface area contributed by atoms with Gasteiger partial charge in [-0.05, 0) is 164 Å². The molecule has 0 amide bonds. The molecule has 0 atom stereocenters. The molecular weight excluding hydrogens is 749 g/mol. The molecular formula is C60H56N2. The van der Waals surface area contributed by atoms with Crippen molar-refractivity contribution in [2.75, 3.05) is 9.80 Å². The van der Waals surface area contributed by atoms with Crippen molar-refractivity contribution in [3.63, 3.8) is 0 Å². The lowest BCUT2D eigenvalue weighted by atomic mass is 9.87. The number of hydrogen-bond donors (Lipinski definition) is 0. The van der Waals surface area contributed by atoms with Crippen LogP contribution in [-0.2, 0) is 10.8 Å². The van der Waals surface area contributed by atoms with Crippen LogP contribution >= 0.6 is 0 Å². The van der Waals surface area contributed by atoms with Gasteiger partial charge in [-0.1, -0.05) is 163 Å². The largest absolute Gasteiger partial charge is 0.310 e. The zero-order valence-corrected chi connectivity index (χ0v) is 37.4. The molecule has 0 aliphatic carbocycles. The average Bonchev–Trinajstić information content (AvgIpc) is 3.29. The summed E-state index contributed by atoms with van der Waals surface area (Å²) in [5.41, 5.74) is 16.9. The molecule has 0 aromatic heterocycles. The second-order valence-corrected chi connectivity index (χ2v) is 18.8. The maximum atomic E-state index is 2.41. The van der Waals surface area contributed by atoms with Gasteiger partial charge in [-0.15, -0.1) is 0 Å². The Morgan fingerprint density at radius 1 is 0.274 bits per heavy atom. The quantitative estimate of drug-likeness (QED) is 0.141. The van der Waals surface area contributed by atoms with Gasteiger partial charge in [-0.3, -0.25) is 0 Å². The lowest BCUT2D eigenvalue weighted by molar-refractivity contribution is 0.590. The van der Waals surface area contributed by atoms with E-state index in [4.69, 9.17) is 0 Å². The van der Waals surface area contributed by atoms with Crippen molar-refractivity contribution in [3.8, 4) is 22.3 Å². The predicted octanol–water partition coefficient (Wildman–Crippen LogP) is 17.5. The van der Waals surface area contributed by atoms with Gasteiger partial charge in [0.05, 0.1) is 0 Å². The fourth-order valence-electron chi connectivity index (χ4n) is 8.93. The zero-order chi connectivity index (χ0) is 43.2. The van der Waals surface area contributed by atoms with E-state index in [0.29, 0.717) is 0 Å². The molecule has 62 heavy (non-hydrogen) atoms. The van der Waals surface area contributed by atoms with Gasteiger partial charge in [0, 0.05) is 34.1 Å². The van der Waals surface area contributed by atoms with Crippen LogP contribution in [0.1, 0.15) is 63.8 Å². The first-order valence-corrected chi connectivity index (χ1v) is 21.9. The molecule has 0 bridgehead atoms. The van der Waals surface area contributed by atoms with Gasteiger partial charge in [0.15, 0.2) is 0 Å². The summed E-state index contributed by atoms with van der Waals surface area (Å²) in [5, 5.41) is 5.06. The van der Waals surface area contributed by atoms with E-state index in [0.717, 1.165) is 34.1 Å². The minimum Gasteiger partial charge on any atom is -0.310 e. The fraction of sp³-hybridized carbons (Fsp3) is 0.167. The maximum Gasteiger partial charge on any atom is 0.0468 e. The molecule has 0 saturated carbocycles. The summed E-state index contributed by atoms with van der Waals surface area (Å²) < 4.78 is 0. The van der Waals surface area contributed by atoms with Crippen molar-refractivity contribution in [1.29, 1.82) is 0 Å². The molecule has 0 aliphatic rings. The summed E-state index contributed by atoms with van der Waals surface area (Å²) in [7, 11) is 0. The summed E-state index contributed by atoms with van der Waals surface area (Å²) in [4.78, 5) is 4.82. The number of fused-ring (bicyclic) bond motifs is 2. The molecule has 0 radical (unpaired) electrons. The van der Waals surface area contributed by atoms with Crippen LogP contribution in [0.4, 0.5) is 34.1 Å². The minimum absolute atomic E-state index is 0.0647. The molecule has 0 fully saturated rings. The van der Waals surface area contributed by atoms with E-state index in [2.05, 4.69) is 259 Å². The van der Waals surface area contributed by atoms with Gasteiger partial charge in [0.25, 0.3) is 0 Å². The highest BCUT2D eigenvalue weighted by Gasteiger charge is 2.21. The van der Waals surface area contributed by atoms with E-state index in [1.807, 2.05) is 0 Å². The van der Waals surface area contributed by atoms with E-state index < -0.39 is 0 Å². The highest BCUT2D eigenvalue weighted by Crippen LogP contribution is 2.44. The number of aryl methyl sites for hydroxylation is 2. The molecule has 9 aromatic carbocycles. The second-order valence-electron chi connectivity index (χ2n) is 18.8. The van der Waals surface area contributed by atoms with Crippen LogP contribution in [0, 0.1) is 13.8 Å². The molecule has 0 aliphatic heterocycles. The summed E-state index contributed by atoms with van der Waals surface area (Å²) in [6, 6.07) is 71.5. The Morgan fingerprint density at radius 3 is 0.952 bits per heavy atom. The van der Waals surface area contributed by atoms with Crippen molar-refractivity contribution in [3.05, 3.63) is 216 Å². The van der Waals surface area contributed by atoms with Crippen LogP contribution in [0.2, 0.25) is 0 Å². The Hall–Kier alpha value is -6.90. The molecule has 0 saturated heterocycles. The fourth-order valence-corrected chi connectivity index (χ4v) is 8.93. The topological polar surface area (TPSA) is 6.48 Å². The van der Waals surface area contributed by atoms with Crippen LogP contribution < -0.4 is 9.80 Å². The first-order valence-electron chi connectivity index (χ1n) is 21.9. The molecule has 0 spiro atoms. The third-order valence-electron chi connectivity index (χ3n) is 12.5. The number of benzene rings is 9. The number of rotatable bonds is 8. The van der Waals surface area contributed by atoms with Crippen LogP contribution in [0.15, 0.2) is 194 Å². The van der Waals surface area contributed by atoms with Crippen LogP contribution in [0.5, 0.6) is 0 Å². The van der Waals surface area contributed by atoms with Crippen LogP contribution in [0.3, 0.4) is 0 Å². The van der Waals surface area contributed by atoms with Crippen molar-refractivity contribution in [2.45, 2.75) is 66.2 Å². The van der Waals surface area contributed by atoms with Gasteiger partial charge < -0.3 is 9.80 Å². The summed E-state index contributed by atoms with van der Waals surface area (Å²) >= 11 is 0. The number of hydrogen-bond acceptors (Lipinski definition) is 2. The van der Waals surface area contributed by atoms with Crippen molar-refractivity contribution in [2.24, 2.45) is 0 Å². The Kier molecular flexibility index (Phi) is 10.6. The Morgan fingerprint density at radius 2 is 0.597 bits per heavy atom. The first kappa shape index (κ1) is 40.5. The van der Waals surface area contributed by atoms with Crippen LogP contribution in [0.25, 0.3) is 43.8 Å². The lowest BCUT2D eigenvalue weighted by Crippen LogP contribution is -2.13. The summed E-state index contributed by atoms with van der Waals surface area (Å²) in [6.07, 6.45) is 0. The SMILES string of the molecule is Cc1c2ccc(N(c3ccc(C(C)(C)C)cc3)c3cccc(-c4ccccc4)c3)cc2c(C)c2ccc(N(c3ccc(C(C)(C)C)cc3)c3cccc(-c4ccccc4)c3)cc12. The van der Waals surface area contributed by atoms with Crippen molar-refractivity contribution >= 4 is 55.7 Å². The minimum atomic E-state index is 0.0647. The van der Waals surface area contributed by atoms with Gasteiger partial charge in [-0.2, -0.15) is 0 Å². The lowest BCUT2D eigenvalue weighted by Gasteiger charge is -2.29. The standard InChI is InChI=1S/C60H56N2/c1-41-55-35-33-54(62(50-31-27-48(28-32-50)60(6,7)8)52-24-16-22-46(38-52)44-19-13-10-14-20-44)40-58(55)42(2)56-36-34-53(39-57(41)56)61(49-29-25-47(26-30-49)59(3,4)5)51-23-15-21-45(37-51)43-17-11-9-12-18-43/h9-40H,1-8H3. The Labute approximate surface area is 368 Å². The first-order chi connectivity index (χ1) is 29.8. The normalized spacial score (nSPS) is 11.9. The molecule has 0 unspecified atom stereocenters. The second kappa shape index (κ2) is 16.2. The summed E-state index contributed by atoms with van der Waals surface area (Å²) in [6.45, 7) is 18.2. The van der Waals surface area contributed by atoms with Gasteiger partial charge >= 0.3 is 0 Å². The molecule has 9 aromatic rings. The maximum absolute atomic E-state index is 2.41. The Bertz CT molecular complexity index is 2810. The molecule has 306 valence electrons. The monoisotopic (exact) mass is 804 g/mol. The van der Waals surface area contributed by atoms with Gasteiger partial charge in [0.1, 0.15) is 0 Å². The molecule has 2 heteroatoms. The van der Waals surface area contributed by atoms with E-state index in [1.165, 1.54) is 66.1 Å². The average molecular weight is 805 g/mol. The zero-order valence-electron chi connectivity index (χ0n) is 37.4. The predicted molar refractivity (Wildman–Crippen MR) is 269 cm³/mol. The highest BCUT2D eigenvalue weighted by atomic mass is 15.1. The molecule has 2 nitrogen and oxygen atoms in total. The highest BCUT2D eigenvalue weighted by molar-refractivity contribution is 6.08. The van der Waals surface area contributed by atoms with Crippen molar-refractivity contribution < 1.29 is 0 Å². The van der Waals surface area contributed by atoms with Gasteiger partial charge in [-0.25, -0.2) is 0 Å². The van der Waals surface area contributed by atoms with Crippen molar-refractivity contribution in [1.82, 2.24) is 0 Å². The van der Waals surface area contributed by atoms with Crippen LogP contribution in [-0.4, -0.2) is 0 Å². The Balaban J connectivity index is 1.18. The van der Waals surface area contributed by atoms with Gasteiger partial charge in [0.2, 0.25) is 0 Å². The smallest absolute Gasteiger partial charge is 0.0468 e. The molecule has 0 N–H and O–H groups in total. The third kappa shape index (κ3) is 7.90. The van der Waals surface area contributed by atoms with E-state index >= 15 is 0 Å². The van der Waals surface area contributed by atoms with E-state index in [-0.39, 0.29) is 10.8 Å². The van der Waals surface area contributed by atoms with E-state index in [1.54, 1.807) is 0 Å². The third-order valence-corrected chi connectivity index (χ3v) is 12.5. The summed E-state index contributed by atoms with van der Waals surface area (Å²) in [5.74, 6) is 0.